The van der Waals surface area contributed by atoms with Gasteiger partial charge in [0.05, 0.1) is 4.92 Å². The van der Waals surface area contributed by atoms with E-state index in [9.17, 15) is 10.1 Å². The molecule has 2 heterocycles. The zero-order valence-corrected chi connectivity index (χ0v) is 13.1. The Hall–Kier alpha value is -1.63. The van der Waals surface area contributed by atoms with Crippen LogP contribution in [0.5, 0.6) is 0 Å². The second kappa shape index (κ2) is 6.89. The zero-order chi connectivity index (χ0) is 15.4. The van der Waals surface area contributed by atoms with Gasteiger partial charge in [0.15, 0.2) is 0 Å². The van der Waals surface area contributed by atoms with Gasteiger partial charge in [0, 0.05) is 26.2 Å². The van der Waals surface area contributed by atoms with Gasteiger partial charge in [-0.2, -0.15) is 5.10 Å². The molecule has 1 saturated heterocycles. The van der Waals surface area contributed by atoms with Gasteiger partial charge in [0.2, 0.25) is 5.82 Å². The van der Waals surface area contributed by atoms with Gasteiger partial charge in [-0.25, -0.2) is 4.68 Å². The van der Waals surface area contributed by atoms with Gasteiger partial charge in [0.25, 0.3) is 0 Å². The first kappa shape index (κ1) is 15.8. The van der Waals surface area contributed by atoms with Crippen LogP contribution in [0.3, 0.4) is 0 Å². The minimum absolute atomic E-state index is 0.187. The Morgan fingerprint density at radius 2 is 2.29 bits per heavy atom. The summed E-state index contributed by atoms with van der Waals surface area (Å²) in [5.41, 5.74) is 0.786. The minimum Gasteiger partial charge on any atom is -0.347 e. The molecule has 0 radical (unpaired) electrons. The second-order valence-corrected chi connectivity index (χ2v) is 5.54. The van der Waals surface area contributed by atoms with Gasteiger partial charge in [0.1, 0.15) is 5.69 Å². The molecule has 1 N–H and O–H groups in total. The average Bonchev–Trinajstić information content (AvgIpc) is 2.78. The van der Waals surface area contributed by atoms with E-state index in [0.717, 1.165) is 38.9 Å². The standard InChI is InChI=1S/C14H25N5O2/c1-4-7-12-13(19(20)21)14(17(3)16-12)18(5-2)11-8-6-9-15-10-11/h11,15H,4-10H2,1-3H3. The lowest BCUT2D eigenvalue weighted by atomic mass is 10.1. The van der Waals surface area contributed by atoms with E-state index in [4.69, 9.17) is 0 Å². The molecule has 1 aromatic heterocycles. The summed E-state index contributed by atoms with van der Waals surface area (Å²) >= 11 is 0. The van der Waals surface area contributed by atoms with Crippen molar-refractivity contribution in [2.24, 2.45) is 7.05 Å². The first-order valence-electron chi connectivity index (χ1n) is 7.77. The smallest absolute Gasteiger partial charge is 0.334 e. The third kappa shape index (κ3) is 3.18. The number of likely N-dealkylation sites (N-methyl/N-ethyl adjacent to an activating group) is 1. The van der Waals surface area contributed by atoms with E-state index in [1.807, 2.05) is 13.8 Å². The number of rotatable bonds is 6. The molecule has 1 fully saturated rings. The first-order valence-corrected chi connectivity index (χ1v) is 7.77. The molecule has 1 atom stereocenters. The maximum Gasteiger partial charge on any atom is 0.334 e. The van der Waals surface area contributed by atoms with Crippen LogP contribution in [-0.4, -0.2) is 40.4 Å². The molecule has 0 spiro atoms. The Morgan fingerprint density at radius 1 is 1.52 bits per heavy atom. The lowest BCUT2D eigenvalue weighted by Crippen LogP contribution is -2.47. The Balaban J connectivity index is 2.41. The van der Waals surface area contributed by atoms with Crippen LogP contribution in [0.15, 0.2) is 0 Å². The van der Waals surface area contributed by atoms with E-state index in [1.165, 1.54) is 0 Å². The van der Waals surface area contributed by atoms with Crippen molar-refractivity contribution in [1.82, 2.24) is 15.1 Å². The van der Waals surface area contributed by atoms with Gasteiger partial charge in [-0.1, -0.05) is 13.3 Å². The van der Waals surface area contributed by atoms with Crippen LogP contribution in [-0.2, 0) is 13.5 Å². The fourth-order valence-electron chi connectivity index (χ4n) is 3.15. The number of hydrogen-bond donors (Lipinski definition) is 1. The van der Waals surface area contributed by atoms with E-state index in [1.54, 1.807) is 11.7 Å². The predicted octanol–water partition coefficient (Wildman–Crippen LogP) is 1.86. The highest BCUT2D eigenvalue weighted by Gasteiger charge is 2.33. The highest BCUT2D eigenvalue weighted by Crippen LogP contribution is 2.34. The van der Waals surface area contributed by atoms with Crippen molar-refractivity contribution < 1.29 is 4.92 Å². The summed E-state index contributed by atoms with van der Waals surface area (Å²) in [5, 5.41) is 19.3. The third-order valence-electron chi connectivity index (χ3n) is 4.06. The number of hydrogen-bond acceptors (Lipinski definition) is 5. The molecule has 21 heavy (non-hydrogen) atoms. The molecule has 7 nitrogen and oxygen atoms in total. The number of aryl methyl sites for hydroxylation is 2. The molecular formula is C14H25N5O2. The largest absolute Gasteiger partial charge is 0.347 e. The number of nitrogens with zero attached hydrogens (tertiary/aromatic N) is 4. The number of anilines is 1. The molecule has 0 aromatic carbocycles. The number of piperidine rings is 1. The molecule has 0 bridgehead atoms. The summed E-state index contributed by atoms with van der Waals surface area (Å²) in [5.74, 6) is 0.652. The summed E-state index contributed by atoms with van der Waals surface area (Å²) in [6.07, 6.45) is 3.67. The maximum atomic E-state index is 11.5. The molecule has 7 heteroatoms. The Labute approximate surface area is 125 Å². The summed E-state index contributed by atoms with van der Waals surface area (Å²) in [7, 11) is 1.81. The van der Waals surface area contributed by atoms with Crippen molar-refractivity contribution >= 4 is 11.5 Å². The first-order chi connectivity index (χ1) is 10.1. The zero-order valence-electron chi connectivity index (χ0n) is 13.1. The van der Waals surface area contributed by atoms with Crippen LogP contribution in [0.25, 0.3) is 0 Å². The third-order valence-corrected chi connectivity index (χ3v) is 4.06. The average molecular weight is 295 g/mol. The van der Waals surface area contributed by atoms with Crippen molar-refractivity contribution in [3.05, 3.63) is 15.8 Å². The Kier molecular flexibility index (Phi) is 5.17. The predicted molar refractivity (Wildman–Crippen MR) is 82.8 cm³/mol. The van der Waals surface area contributed by atoms with Crippen molar-refractivity contribution in [3.63, 3.8) is 0 Å². The van der Waals surface area contributed by atoms with Crippen LogP contribution in [0, 0.1) is 10.1 Å². The fraction of sp³-hybridized carbons (Fsp3) is 0.786. The quantitative estimate of drug-likeness (QED) is 0.640. The molecule has 1 unspecified atom stereocenters. The van der Waals surface area contributed by atoms with E-state index >= 15 is 0 Å². The van der Waals surface area contributed by atoms with Gasteiger partial charge >= 0.3 is 5.69 Å². The highest BCUT2D eigenvalue weighted by atomic mass is 16.6. The molecule has 118 valence electrons. The van der Waals surface area contributed by atoms with Crippen LogP contribution >= 0.6 is 0 Å². The molecule has 0 saturated carbocycles. The van der Waals surface area contributed by atoms with Crippen molar-refractivity contribution in [2.45, 2.75) is 45.6 Å². The van der Waals surface area contributed by atoms with Crippen LogP contribution in [0.2, 0.25) is 0 Å². The summed E-state index contributed by atoms with van der Waals surface area (Å²) in [4.78, 5) is 13.4. The minimum atomic E-state index is -0.272. The van der Waals surface area contributed by atoms with Gasteiger partial charge in [-0.15, -0.1) is 0 Å². The second-order valence-electron chi connectivity index (χ2n) is 5.54. The molecule has 1 aliphatic heterocycles. The fourth-order valence-corrected chi connectivity index (χ4v) is 3.15. The molecular weight excluding hydrogens is 270 g/mol. The summed E-state index contributed by atoms with van der Waals surface area (Å²) < 4.78 is 1.68. The van der Waals surface area contributed by atoms with Crippen molar-refractivity contribution in [2.75, 3.05) is 24.5 Å². The van der Waals surface area contributed by atoms with Crippen molar-refractivity contribution in [1.29, 1.82) is 0 Å². The summed E-state index contributed by atoms with van der Waals surface area (Å²) in [6.45, 7) is 6.71. The Bertz CT molecular complexity index is 494. The van der Waals surface area contributed by atoms with Gasteiger partial charge < -0.3 is 10.2 Å². The normalized spacial score (nSPS) is 18.7. The Morgan fingerprint density at radius 3 is 2.81 bits per heavy atom. The lowest BCUT2D eigenvalue weighted by molar-refractivity contribution is -0.384. The number of nitrogens with one attached hydrogen (secondary N) is 1. The summed E-state index contributed by atoms with van der Waals surface area (Å²) in [6, 6.07) is 0.298. The molecule has 1 aromatic rings. The monoisotopic (exact) mass is 295 g/mol. The van der Waals surface area contributed by atoms with E-state index in [-0.39, 0.29) is 10.6 Å². The van der Waals surface area contributed by atoms with Crippen LogP contribution in [0.4, 0.5) is 11.5 Å². The molecule has 0 amide bonds. The van der Waals surface area contributed by atoms with Gasteiger partial charge in [-0.05, 0) is 32.7 Å². The van der Waals surface area contributed by atoms with E-state index in [0.29, 0.717) is 24.0 Å². The van der Waals surface area contributed by atoms with E-state index < -0.39 is 0 Å². The lowest BCUT2D eigenvalue weighted by Gasteiger charge is -2.34. The number of aromatic nitrogens is 2. The number of nitro groups is 1. The highest BCUT2D eigenvalue weighted by molar-refractivity contribution is 5.62. The molecule has 0 aliphatic carbocycles. The maximum absolute atomic E-state index is 11.5. The molecule has 1 aliphatic rings. The SMILES string of the molecule is CCCc1nn(C)c(N(CC)C2CCCNC2)c1[N+](=O)[O-]. The topological polar surface area (TPSA) is 76.2 Å². The van der Waals surface area contributed by atoms with Crippen LogP contribution < -0.4 is 10.2 Å². The molecule has 2 rings (SSSR count). The van der Waals surface area contributed by atoms with E-state index in [2.05, 4.69) is 15.3 Å². The van der Waals surface area contributed by atoms with Crippen LogP contribution in [0.1, 0.15) is 38.8 Å². The van der Waals surface area contributed by atoms with Gasteiger partial charge in [-0.3, -0.25) is 10.1 Å². The van der Waals surface area contributed by atoms with Crippen molar-refractivity contribution in [3.8, 4) is 0 Å².